The fourth-order valence-corrected chi connectivity index (χ4v) is 2.27. The first-order valence-electron chi connectivity index (χ1n) is 5.74. The fraction of sp³-hybridized carbons (Fsp3) is 1.00. The van der Waals surface area contributed by atoms with Crippen LogP contribution in [0.2, 0.25) is 0 Å². The van der Waals surface area contributed by atoms with Crippen molar-refractivity contribution in [2.24, 2.45) is 5.11 Å². The van der Waals surface area contributed by atoms with E-state index in [4.69, 9.17) is 10.6 Å². The van der Waals surface area contributed by atoms with Crippen LogP contribution in [0.5, 0.6) is 0 Å². The molecule has 0 amide bonds. The standard InChI is InChI=1S/C10H20N4O/c11-13-12-6-7-14(8-9-15)10-4-2-1-3-5-10/h10,15H,1-9H2. The van der Waals surface area contributed by atoms with Crippen LogP contribution in [0.4, 0.5) is 0 Å². The highest BCUT2D eigenvalue weighted by Crippen LogP contribution is 2.22. The number of hydrogen-bond acceptors (Lipinski definition) is 3. The highest BCUT2D eigenvalue weighted by atomic mass is 16.3. The van der Waals surface area contributed by atoms with E-state index in [0.717, 1.165) is 6.54 Å². The third-order valence-electron chi connectivity index (χ3n) is 3.03. The molecular weight excluding hydrogens is 192 g/mol. The molecule has 0 spiro atoms. The molecule has 0 saturated heterocycles. The first kappa shape index (κ1) is 12.3. The largest absolute Gasteiger partial charge is 0.395 e. The van der Waals surface area contributed by atoms with Gasteiger partial charge in [-0.25, -0.2) is 0 Å². The Balaban J connectivity index is 2.36. The van der Waals surface area contributed by atoms with Crippen LogP contribution >= 0.6 is 0 Å². The Morgan fingerprint density at radius 3 is 2.60 bits per heavy atom. The molecule has 1 aliphatic rings. The lowest BCUT2D eigenvalue weighted by atomic mass is 9.94. The third kappa shape index (κ3) is 4.51. The molecule has 0 aliphatic heterocycles. The summed E-state index contributed by atoms with van der Waals surface area (Å²) in [4.78, 5) is 5.01. The normalized spacial score (nSPS) is 17.7. The minimum atomic E-state index is 0.187. The third-order valence-corrected chi connectivity index (χ3v) is 3.03. The Bertz CT molecular complexity index is 209. The summed E-state index contributed by atoms with van der Waals surface area (Å²) in [5, 5.41) is 12.5. The number of azide groups is 1. The van der Waals surface area contributed by atoms with Crippen LogP contribution < -0.4 is 0 Å². The van der Waals surface area contributed by atoms with Gasteiger partial charge in [0.05, 0.1) is 6.61 Å². The molecule has 5 nitrogen and oxygen atoms in total. The molecule has 1 aliphatic carbocycles. The van der Waals surface area contributed by atoms with Gasteiger partial charge in [0.25, 0.3) is 0 Å². The van der Waals surface area contributed by atoms with Crippen molar-refractivity contribution in [3.05, 3.63) is 10.4 Å². The molecule has 1 rings (SSSR count). The fourth-order valence-electron chi connectivity index (χ4n) is 2.27. The Hall–Kier alpha value is -0.770. The molecule has 5 heteroatoms. The molecule has 0 bridgehead atoms. The van der Waals surface area contributed by atoms with E-state index in [1.165, 1.54) is 32.1 Å². The zero-order chi connectivity index (χ0) is 10.9. The lowest BCUT2D eigenvalue weighted by Gasteiger charge is -2.33. The van der Waals surface area contributed by atoms with E-state index in [1.807, 2.05) is 0 Å². The van der Waals surface area contributed by atoms with E-state index in [2.05, 4.69) is 14.9 Å². The van der Waals surface area contributed by atoms with Crippen LogP contribution in [-0.4, -0.2) is 42.3 Å². The zero-order valence-corrected chi connectivity index (χ0v) is 9.18. The van der Waals surface area contributed by atoms with Gasteiger partial charge in [-0.05, 0) is 18.4 Å². The SMILES string of the molecule is [N-]=[N+]=NCCN(CCO)C1CCCCC1. The van der Waals surface area contributed by atoms with Gasteiger partial charge in [0.15, 0.2) is 0 Å². The van der Waals surface area contributed by atoms with Gasteiger partial charge in [0.2, 0.25) is 0 Å². The topological polar surface area (TPSA) is 72.2 Å². The monoisotopic (exact) mass is 212 g/mol. The smallest absolute Gasteiger partial charge is 0.0558 e. The van der Waals surface area contributed by atoms with Crippen LogP contribution in [0.1, 0.15) is 32.1 Å². The van der Waals surface area contributed by atoms with Crippen LogP contribution in [0.3, 0.4) is 0 Å². The summed E-state index contributed by atoms with van der Waals surface area (Å²) in [6.45, 7) is 2.17. The van der Waals surface area contributed by atoms with E-state index in [-0.39, 0.29) is 6.61 Å². The van der Waals surface area contributed by atoms with E-state index >= 15 is 0 Å². The van der Waals surface area contributed by atoms with Crippen LogP contribution in [0, 0.1) is 0 Å². The Labute approximate surface area is 90.7 Å². The van der Waals surface area contributed by atoms with Gasteiger partial charge in [-0.15, -0.1) is 0 Å². The molecule has 0 atom stereocenters. The maximum Gasteiger partial charge on any atom is 0.0558 e. The van der Waals surface area contributed by atoms with Crippen molar-refractivity contribution in [1.82, 2.24) is 4.90 Å². The summed E-state index contributed by atoms with van der Waals surface area (Å²) in [6, 6.07) is 0.583. The summed E-state index contributed by atoms with van der Waals surface area (Å²) in [7, 11) is 0. The summed E-state index contributed by atoms with van der Waals surface area (Å²) < 4.78 is 0. The lowest BCUT2D eigenvalue weighted by molar-refractivity contribution is 0.127. The molecule has 0 aromatic rings. The van der Waals surface area contributed by atoms with E-state index in [0.29, 0.717) is 19.1 Å². The first-order valence-corrected chi connectivity index (χ1v) is 5.74. The first-order chi connectivity index (χ1) is 7.38. The summed E-state index contributed by atoms with van der Waals surface area (Å²) >= 11 is 0. The average molecular weight is 212 g/mol. The summed E-state index contributed by atoms with van der Waals surface area (Å²) in [5.41, 5.74) is 8.21. The van der Waals surface area contributed by atoms with Gasteiger partial charge < -0.3 is 5.11 Å². The van der Waals surface area contributed by atoms with Gasteiger partial charge in [0.1, 0.15) is 0 Å². The second kappa shape index (κ2) is 7.51. The highest BCUT2D eigenvalue weighted by Gasteiger charge is 2.19. The molecule has 0 aromatic carbocycles. The lowest BCUT2D eigenvalue weighted by Crippen LogP contribution is -2.40. The molecule has 1 saturated carbocycles. The van der Waals surface area contributed by atoms with Crippen LogP contribution in [0.25, 0.3) is 10.4 Å². The molecule has 15 heavy (non-hydrogen) atoms. The molecule has 0 unspecified atom stereocenters. The number of rotatable bonds is 6. The second-order valence-electron chi connectivity index (χ2n) is 4.01. The number of aliphatic hydroxyl groups is 1. The number of aliphatic hydroxyl groups excluding tert-OH is 1. The molecule has 1 N–H and O–H groups in total. The molecule has 86 valence electrons. The number of nitrogens with zero attached hydrogens (tertiary/aromatic N) is 4. The molecule has 1 fully saturated rings. The summed E-state index contributed by atoms with van der Waals surface area (Å²) in [6.07, 6.45) is 6.34. The van der Waals surface area contributed by atoms with Crippen molar-refractivity contribution in [2.75, 3.05) is 26.2 Å². The van der Waals surface area contributed by atoms with E-state index in [9.17, 15) is 0 Å². The maximum absolute atomic E-state index is 8.98. The van der Waals surface area contributed by atoms with Gasteiger partial charge >= 0.3 is 0 Å². The quantitative estimate of drug-likeness (QED) is 0.415. The summed E-state index contributed by atoms with van der Waals surface area (Å²) in [5.74, 6) is 0. The van der Waals surface area contributed by atoms with Crippen molar-refractivity contribution in [2.45, 2.75) is 38.1 Å². The highest BCUT2D eigenvalue weighted by molar-refractivity contribution is 4.76. The zero-order valence-electron chi connectivity index (χ0n) is 9.18. The molecule has 0 heterocycles. The van der Waals surface area contributed by atoms with E-state index in [1.54, 1.807) is 0 Å². The Kier molecular flexibility index (Phi) is 6.16. The minimum absolute atomic E-state index is 0.187. The van der Waals surface area contributed by atoms with Gasteiger partial charge in [-0.1, -0.05) is 24.4 Å². The Morgan fingerprint density at radius 2 is 2.00 bits per heavy atom. The van der Waals surface area contributed by atoms with Crippen molar-refractivity contribution < 1.29 is 5.11 Å². The maximum atomic E-state index is 8.98. The van der Waals surface area contributed by atoms with Crippen LogP contribution in [-0.2, 0) is 0 Å². The molecule has 0 radical (unpaired) electrons. The molecule has 0 aromatic heterocycles. The number of hydrogen-bond donors (Lipinski definition) is 1. The van der Waals surface area contributed by atoms with Gasteiger partial charge in [-0.3, -0.25) is 4.90 Å². The van der Waals surface area contributed by atoms with Crippen molar-refractivity contribution in [3.8, 4) is 0 Å². The van der Waals surface area contributed by atoms with Gasteiger partial charge in [0, 0.05) is 30.6 Å². The van der Waals surface area contributed by atoms with Gasteiger partial charge in [-0.2, -0.15) is 0 Å². The van der Waals surface area contributed by atoms with Crippen LogP contribution in [0.15, 0.2) is 5.11 Å². The van der Waals surface area contributed by atoms with E-state index < -0.39 is 0 Å². The second-order valence-corrected chi connectivity index (χ2v) is 4.01. The molecular formula is C10H20N4O. The predicted octanol–water partition coefficient (Wildman–Crippen LogP) is 1.92. The van der Waals surface area contributed by atoms with Crippen molar-refractivity contribution in [3.63, 3.8) is 0 Å². The van der Waals surface area contributed by atoms with Crippen molar-refractivity contribution in [1.29, 1.82) is 0 Å². The average Bonchev–Trinajstić information content (AvgIpc) is 2.29. The predicted molar refractivity (Wildman–Crippen MR) is 59.5 cm³/mol. The minimum Gasteiger partial charge on any atom is -0.395 e. The van der Waals surface area contributed by atoms with Crippen molar-refractivity contribution >= 4 is 0 Å². The Morgan fingerprint density at radius 1 is 1.27 bits per heavy atom.